The van der Waals surface area contributed by atoms with Crippen molar-refractivity contribution >= 4 is 29.1 Å². The Balaban J connectivity index is 2.33. The van der Waals surface area contributed by atoms with E-state index in [2.05, 4.69) is 6.58 Å². The fourth-order valence-corrected chi connectivity index (χ4v) is 2.65. The molecule has 7 heteroatoms. The molecule has 1 N–H and O–H groups in total. The average Bonchev–Trinajstić information content (AvgIpc) is 2.54. The van der Waals surface area contributed by atoms with Gasteiger partial charge in [-0.05, 0) is 36.2 Å². The number of allylic oxidation sites excluding steroid dienone is 1. The predicted molar refractivity (Wildman–Crippen MR) is 93.7 cm³/mol. The maximum Gasteiger partial charge on any atom is 0.416 e. The maximum absolute atomic E-state index is 13.2. The van der Waals surface area contributed by atoms with Gasteiger partial charge in [-0.1, -0.05) is 35.9 Å². The summed E-state index contributed by atoms with van der Waals surface area (Å²) in [5, 5.41) is 7.44. The van der Waals surface area contributed by atoms with Crippen LogP contribution in [0, 0.1) is 5.41 Å². The van der Waals surface area contributed by atoms with E-state index >= 15 is 0 Å². The smallest absolute Gasteiger partial charge is 0.416 e. The van der Waals surface area contributed by atoms with E-state index in [1.54, 1.807) is 24.3 Å². The lowest BCUT2D eigenvalue weighted by Crippen LogP contribution is -2.16. The summed E-state index contributed by atoms with van der Waals surface area (Å²) in [4.78, 5) is 0. The van der Waals surface area contributed by atoms with Gasteiger partial charge in [0, 0.05) is 10.6 Å². The molecule has 0 saturated carbocycles. The van der Waals surface area contributed by atoms with Crippen molar-refractivity contribution in [3.63, 3.8) is 0 Å². The average molecular weight is 388 g/mol. The van der Waals surface area contributed by atoms with E-state index in [-0.39, 0.29) is 17.7 Å². The number of hydrogen-bond donors (Lipinski definition) is 1. The Morgan fingerprint density at radius 1 is 1.24 bits per heavy atom. The van der Waals surface area contributed by atoms with Gasteiger partial charge in [0.2, 0.25) is 5.90 Å². The first-order valence-corrected chi connectivity index (χ1v) is 8.01. The summed E-state index contributed by atoms with van der Waals surface area (Å²) in [5.41, 5.74) is -0.410. The summed E-state index contributed by atoms with van der Waals surface area (Å²) in [6.07, 6.45) is -3.24. The highest BCUT2D eigenvalue weighted by atomic mass is 35.5. The molecule has 2 aromatic rings. The molecule has 25 heavy (non-hydrogen) atoms. The SMILES string of the molecule is C=CCc1c(OC(=N)C(Cl)c2cccc(Cl)c2)cccc1C(F)(F)F. The highest BCUT2D eigenvalue weighted by Crippen LogP contribution is 2.37. The third kappa shape index (κ3) is 4.77. The standard InChI is InChI=1S/C18H14Cl2F3NO/c1-2-5-13-14(18(21,22)23)8-4-9-15(13)25-17(24)16(20)11-6-3-7-12(19)10-11/h2-4,6-10,16,24H,1,5H2. The minimum Gasteiger partial charge on any atom is -0.441 e. The minimum atomic E-state index is -4.53. The van der Waals surface area contributed by atoms with E-state index in [4.69, 9.17) is 33.3 Å². The molecule has 132 valence electrons. The Kier molecular flexibility index (Phi) is 6.14. The van der Waals surface area contributed by atoms with E-state index < -0.39 is 23.0 Å². The number of ether oxygens (including phenoxy) is 1. The van der Waals surface area contributed by atoms with Crippen LogP contribution in [0.2, 0.25) is 5.02 Å². The second-order valence-electron chi connectivity index (χ2n) is 5.16. The largest absolute Gasteiger partial charge is 0.441 e. The summed E-state index contributed by atoms with van der Waals surface area (Å²) in [7, 11) is 0. The van der Waals surface area contributed by atoms with Crippen LogP contribution in [-0.4, -0.2) is 5.90 Å². The number of benzene rings is 2. The molecule has 1 atom stereocenters. The first kappa shape index (κ1) is 19.3. The third-order valence-electron chi connectivity index (χ3n) is 3.38. The van der Waals surface area contributed by atoms with Gasteiger partial charge in [-0.2, -0.15) is 13.2 Å². The molecule has 0 aliphatic carbocycles. The van der Waals surface area contributed by atoms with Gasteiger partial charge in [-0.3, -0.25) is 5.41 Å². The van der Waals surface area contributed by atoms with Crippen molar-refractivity contribution in [3.05, 3.63) is 76.8 Å². The Morgan fingerprint density at radius 3 is 2.52 bits per heavy atom. The van der Waals surface area contributed by atoms with E-state index in [1.165, 1.54) is 18.2 Å². The third-order valence-corrected chi connectivity index (χ3v) is 4.06. The molecule has 0 radical (unpaired) electrons. The fraction of sp³-hybridized carbons (Fsp3) is 0.167. The predicted octanol–water partition coefficient (Wildman–Crippen LogP) is 6.42. The van der Waals surface area contributed by atoms with Crippen LogP contribution in [0.5, 0.6) is 5.75 Å². The van der Waals surface area contributed by atoms with Crippen LogP contribution in [0.1, 0.15) is 22.1 Å². The van der Waals surface area contributed by atoms with Gasteiger partial charge in [0.15, 0.2) is 0 Å². The molecule has 0 saturated heterocycles. The number of halogens is 5. The number of nitrogens with one attached hydrogen (secondary N) is 1. The maximum atomic E-state index is 13.2. The van der Waals surface area contributed by atoms with Crippen LogP contribution in [0.4, 0.5) is 13.2 Å². The first-order valence-electron chi connectivity index (χ1n) is 7.20. The summed E-state index contributed by atoms with van der Waals surface area (Å²) < 4.78 is 44.9. The highest BCUT2D eigenvalue weighted by Gasteiger charge is 2.34. The molecule has 1 unspecified atom stereocenters. The van der Waals surface area contributed by atoms with Gasteiger partial charge in [0.1, 0.15) is 11.1 Å². The molecule has 0 heterocycles. The number of hydrogen-bond acceptors (Lipinski definition) is 2. The van der Waals surface area contributed by atoms with Crippen molar-refractivity contribution in [1.82, 2.24) is 0 Å². The molecule has 2 aromatic carbocycles. The molecule has 0 aliphatic heterocycles. The Bertz CT molecular complexity index is 790. The van der Waals surface area contributed by atoms with Crippen molar-refractivity contribution in [3.8, 4) is 5.75 Å². The van der Waals surface area contributed by atoms with E-state index in [0.29, 0.717) is 10.6 Å². The van der Waals surface area contributed by atoms with Crippen LogP contribution in [0.25, 0.3) is 0 Å². The quantitative estimate of drug-likeness (QED) is 0.273. The number of alkyl halides is 4. The topological polar surface area (TPSA) is 33.1 Å². The summed E-state index contributed by atoms with van der Waals surface area (Å²) >= 11 is 12.1. The first-order chi connectivity index (χ1) is 11.7. The van der Waals surface area contributed by atoms with Crippen molar-refractivity contribution in [2.75, 3.05) is 0 Å². The zero-order valence-corrected chi connectivity index (χ0v) is 14.4. The van der Waals surface area contributed by atoms with Gasteiger partial charge >= 0.3 is 6.18 Å². The summed E-state index contributed by atoms with van der Waals surface area (Å²) in [5.74, 6) is -0.471. The Morgan fingerprint density at radius 2 is 1.92 bits per heavy atom. The fourth-order valence-electron chi connectivity index (χ4n) is 2.27. The Labute approximate surface area is 153 Å². The van der Waals surface area contributed by atoms with Gasteiger partial charge in [0.05, 0.1) is 5.56 Å². The summed E-state index contributed by atoms with van der Waals surface area (Å²) in [6.45, 7) is 3.47. The lowest BCUT2D eigenvalue weighted by molar-refractivity contribution is -0.138. The second-order valence-corrected chi connectivity index (χ2v) is 6.03. The van der Waals surface area contributed by atoms with E-state index in [9.17, 15) is 13.2 Å². The van der Waals surface area contributed by atoms with Crippen LogP contribution in [-0.2, 0) is 12.6 Å². The monoisotopic (exact) mass is 387 g/mol. The molecule has 2 rings (SSSR count). The van der Waals surface area contributed by atoms with Crippen molar-refractivity contribution in [2.24, 2.45) is 0 Å². The van der Waals surface area contributed by atoms with E-state index in [1.807, 2.05) is 0 Å². The van der Waals surface area contributed by atoms with Crippen LogP contribution in [0.15, 0.2) is 55.1 Å². The van der Waals surface area contributed by atoms with E-state index in [0.717, 1.165) is 6.07 Å². The molecule has 0 bridgehead atoms. The van der Waals surface area contributed by atoms with Gasteiger partial charge in [-0.15, -0.1) is 18.2 Å². The van der Waals surface area contributed by atoms with Gasteiger partial charge in [-0.25, -0.2) is 0 Å². The van der Waals surface area contributed by atoms with Gasteiger partial charge in [0.25, 0.3) is 0 Å². The molecule has 0 fully saturated rings. The Hall–Kier alpha value is -1.98. The van der Waals surface area contributed by atoms with Crippen LogP contribution < -0.4 is 4.74 Å². The zero-order valence-electron chi connectivity index (χ0n) is 12.9. The van der Waals surface area contributed by atoms with Crippen molar-refractivity contribution in [2.45, 2.75) is 18.0 Å². The zero-order chi connectivity index (χ0) is 18.6. The van der Waals surface area contributed by atoms with Crippen molar-refractivity contribution < 1.29 is 17.9 Å². The summed E-state index contributed by atoms with van der Waals surface area (Å²) in [6, 6.07) is 10.1. The lowest BCUT2D eigenvalue weighted by atomic mass is 10.0. The normalized spacial score (nSPS) is 12.5. The number of rotatable bonds is 5. The molecular formula is C18H14Cl2F3NO. The molecule has 2 nitrogen and oxygen atoms in total. The lowest BCUT2D eigenvalue weighted by Gasteiger charge is -2.18. The molecule has 0 aromatic heterocycles. The molecular weight excluding hydrogens is 374 g/mol. The minimum absolute atomic E-state index is 0.0532. The molecule has 0 spiro atoms. The van der Waals surface area contributed by atoms with Crippen molar-refractivity contribution in [1.29, 1.82) is 5.41 Å². The van der Waals surface area contributed by atoms with Gasteiger partial charge < -0.3 is 4.74 Å². The molecule has 0 aliphatic rings. The highest BCUT2D eigenvalue weighted by molar-refractivity contribution is 6.32. The van der Waals surface area contributed by atoms with Crippen LogP contribution >= 0.6 is 23.2 Å². The van der Waals surface area contributed by atoms with Crippen LogP contribution in [0.3, 0.4) is 0 Å². The second kappa shape index (κ2) is 7.93. The molecule has 0 amide bonds.